The zero-order valence-corrected chi connectivity index (χ0v) is 19.5. The smallest absolute Gasteiger partial charge is 0.00699 e. The zero-order valence-electron chi connectivity index (χ0n) is 19.5. The summed E-state index contributed by atoms with van der Waals surface area (Å²) >= 11 is 0. The number of hydrogen-bond acceptors (Lipinski definition) is 0. The van der Waals surface area contributed by atoms with Gasteiger partial charge >= 0.3 is 0 Å². The molecule has 29 heavy (non-hydrogen) atoms. The molecule has 0 heterocycles. The predicted octanol–water partition coefficient (Wildman–Crippen LogP) is 9.06. The van der Waals surface area contributed by atoms with Crippen molar-refractivity contribution in [2.24, 2.45) is 11.8 Å². The molecular weight excluding hydrogens is 348 g/mol. The lowest BCUT2D eigenvalue weighted by molar-refractivity contribution is 0.318. The van der Waals surface area contributed by atoms with E-state index in [0.29, 0.717) is 0 Å². The molecule has 0 aromatic heterocycles. The fraction of sp³-hybridized carbons (Fsp3) is 0.517. The highest BCUT2D eigenvalue weighted by atomic mass is 14.2. The number of hydrogen-bond donors (Lipinski definition) is 0. The first-order valence-electron chi connectivity index (χ1n) is 11.8. The standard InChI is InChI=1S/C18H30.C11H14/c1-4-5-14-18(16(2)3)15-10-9-13-17-11-7-6-8-12-17;1-3-10(2)9-11-7-5-4-6-8-11/h6-8,11-12,16,18H,4-5,9-10,13-15H2,1-3H3;4-8H,2-3,9H2,1H3. The van der Waals surface area contributed by atoms with Crippen LogP contribution in [0.3, 0.4) is 0 Å². The first kappa shape index (κ1) is 25.2. The molecule has 2 rings (SSSR count). The van der Waals surface area contributed by atoms with Gasteiger partial charge in [-0.05, 0) is 48.6 Å². The summed E-state index contributed by atoms with van der Waals surface area (Å²) in [5.74, 6) is 1.80. The van der Waals surface area contributed by atoms with E-state index in [-0.39, 0.29) is 0 Å². The first-order valence-corrected chi connectivity index (χ1v) is 11.8. The molecule has 0 amide bonds. The minimum absolute atomic E-state index is 0.855. The molecule has 0 aliphatic heterocycles. The summed E-state index contributed by atoms with van der Waals surface area (Å²) in [5.41, 5.74) is 4.16. The Kier molecular flexibility index (Phi) is 13.9. The molecule has 2 aromatic rings. The lowest BCUT2D eigenvalue weighted by Gasteiger charge is -2.20. The van der Waals surface area contributed by atoms with Crippen molar-refractivity contribution in [3.8, 4) is 0 Å². The molecule has 0 saturated heterocycles. The molecule has 1 atom stereocenters. The second kappa shape index (κ2) is 16.0. The number of aryl methyl sites for hydroxylation is 1. The Morgan fingerprint density at radius 3 is 1.83 bits per heavy atom. The van der Waals surface area contributed by atoms with Gasteiger partial charge in [-0.25, -0.2) is 0 Å². The fourth-order valence-electron chi connectivity index (χ4n) is 3.67. The first-order chi connectivity index (χ1) is 14.1. The van der Waals surface area contributed by atoms with E-state index in [1.54, 1.807) is 0 Å². The molecule has 0 radical (unpaired) electrons. The summed E-state index contributed by atoms with van der Waals surface area (Å²) in [5, 5.41) is 0. The van der Waals surface area contributed by atoms with Crippen LogP contribution < -0.4 is 0 Å². The Morgan fingerprint density at radius 2 is 1.31 bits per heavy atom. The van der Waals surface area contributed by atoms with E-state index in [1.165, 1.54) is 61.6 Å². The van der Waals surface area contributed by atoms with Gasteiger partial charge in [0.05, 0.1) is 0 Å². The number of rotatable bonds is 12. The summed E-state index contributed by atoms with van der Waals surface area (Å²) in [7, 11) is 0. The fourth-order valence-corrected chi connectivity index (χ4v) is 3.67. The second-order valence-corrected chi connectivity index (χ2v) is 8.64. The van der Waals surface area contributed by atoms with Crippen LogP contribution in [0, 0.1) is 11.8 Å². The Balaban J connectivity index is 0.000000326. The van der Waals surface area contributed by atoms with Gasteiger partial charge in [0.1, 0.15) is 0 Å². The van der Waals surface area contributed by atoms with Gasteiger partial charge in [-0.2, -0.15) is 0 Å². The van der Waals surface area contributed by atoms with Crippen LogP contribution in [0.25, 0.3) is 0 Å². The molecule has 0 fully saturated rings. The van der Waals surface area contributed by atoms with Crippen LogP contribution in [0.5, 0.6) is 0 Å². The average molecular weight is 393 g/mol. The molecule has 0 saturated carbocycles. The third kappa shape index (κ3) is 12.4. The van der Waals surface area contributed by atoms with Gasteiger partial charge in [0.15, 0.2) is 0 Å². The van der Waals surface area contributed by atoms with Crippen LogP contribution >= 0.6 is 0 Å². The van der Waals surface area contributed by atoms with Crippen LogP contribution in [-0.4, -0.2) is 0 Å². The lowest BCUT2D eigenvalue weighted by atomic mass is 9.86. The van der Waals surface area contributed by atoms with E-state index >= 15 is 0 Å². The third-order valence-electron chi connectivity index (χ3n) is 5.80. The average Bonchev–Trinajstić information content (AvgIpc) is 2.75. The van der Waals surface area contributed by atoms with E-state index < -0.39 is 0 Å². The summed E-state index contributed by atoms with van der Waals surface area (Å²) in [6.45, 7) is 13.2. The monoisotopic (exact) mass is 392 g/mol. The van der Waals surface area contributed by atoms with Crippen LogP contribution in [0.1, 0.15) is 83.8 Å². The maximum atomic E-state index is 3.97. The van der Waals surface area contributed by atoms with Crippen LogP contribution in [-0.2, 0) is 12.8 Å². The highest BCUT2D eigenvalue weighted by molar-refractivity contribution is 5.20. The van der Waals surface area contributed by atoms with Gasteiger partial charge in [-0.15, -0.1) is 0 Å². The highest BCUT2D eigenvalue weighted by Crippen LogP contribution is 2.24. The minimum atomic E-state index is 0.855. The van der Waals surface area contributed by atoms with E-state index in [2.05, 4.69) is 88.9 Å². The Hall–Kier alpha value is -1.82. The van der Waals surface area contributed by atoms with Gasteiger partial charge in [0.2, 0.25) is 0 Å². The van der Waals surface area contributed by atoms with E-state index in [9.17, 15) is 0 Å². The summed E-state index contributed by atoms with van der Waals surface area (Å²) in [6.07, 6.45) is 11.7. The van der Waals surface area contributed by atoms with Crippen LogP contribution in [0.4, 0.5) is 0 Å². The summed E-state index contributed by atoms with van der Waals surface area (Å²) in [4.78, 5) is 0. The summed E-state index contributed by atoms with van der Waals surface area (Å²) < 4.78 is 0. The van der Waals surface area contributed by atoms with Crippen molar-refractivity contribution < 1.29 is 0 Å². The molecule has 0 heteroatoms. The molecule has 1 unspecified atom stereocenters. The van der Waals surface area contributed by atoms with Gasteiger partial charge in [0.25, 0.3) is 0 Å². The van der Waals surface area contributed by atoms with E-state index in [4.69, 9.17) is 0 Å². The Morgan fingerprint density at radius 1 is 0.759 bits per heavy atom. The Bertz CT molecular complexity index is 624. The van der Waals surface area contributed by atoms with Gasteiger partial charge in [-0.3, -0.25) is 0 Å². The van der Waals surface area contributed by atoms with Crippen molar-refractivity contribution in [3.63, 3.8) is 0 Å². The van der Waals surface area contributed by atoms with Crippen molar-refractivity contribution in [1.29, 1.82) is 0 Å². The summed E-state index contributed by atoms with van der Waals surface area (Å²) in [6, 6.07) is 21.3. The molecule has 2 aromatic carbocycles. The van der Waals surface area contributed by atoms with Gasteiger partial charge in [-0.1, -0.05) is 133 Å². The van der Waals surface area contributed by atoms with Gasteiger partial charge in [0, 0.05) is 0 Å². The van der Waals surface area contributed by atoms with Crippen molar-refractivity contribution >= 4 is 0 Å². The largest absolute Gasteiger partial charge is 0.0995 e. The molecule has 0 bridgehead atoms. The quantitative estimate of drug-likeness (QED) is 0.249. The lowest BCUT2D eigenvalue weighted by Crippen LogP contribution is -2.08. The Labute approximate surface area is 181 Å². The van der Waals surface area contributed by atoms with Crippen molar-refractivity contribution in [2.75, 3.05) is 0 Å². The van der Waals surface area contributed by atoms with E-state index in [0.717, 1.165) is 24.7 Å². The van der Waals surface area contributed by atoms with Crippen molar-refractivity contribution in [2.45, 2.75) is 85.5 Å². The third-order valence-corrected chi connectivity index (χ3v) is 5.80. The highest BCUT2D eigenvalue weighted by Gasteiger charge is 2.12. The maximum absolute atomic E-state index is 3.97. The number of allylic oxidation sites excluding steroid dienone is 1. The van der Waals surface area contributed by atoms with Gasteiger partial charge < -0.3 is 0 Å². The molecule has 0 nitrogen and oxygen atoms in total. The molecular formula is C29H44. The molecule has 0 spiro atoms. The number of benzene rings is 2. The zero-order chi connectivity index (χ0) is 21.3. The SMILES string of the molecule is C=C(CC)Cc1ccccc1.CCCCC(CCCCc1ccccc1)C(C)C. The normalized spacial score (nSPS) is 11.6. The van der Waals surface area contributed by atoms with Crippen molar-refractivity contribution in [3.05, 3.63) is 83.9 Å². The molecule has 0 N–H and O–H groups in total. The predicted molar refractivity (Wildman–Crippen MR) is 131 cm³/mol. The minimum Gasteiger partial charge on any atom is -0.0995 e. The molecule has 0 aliphatic rings. The van der Waals surface area contributed by atoms with Crippen LogP contribution in [0.15, 0.2) is 72.8 Å². The number of unbranched alkanes of at least 4 members (excludes halogenated alkanes) is 2. The van der Waals surface area contributed by atoms with Crippen molar-refractivity contribution in [1.82, 2.24) is 0 Å². The maximum Gasteiger partial charge on any atom is -0.00699 e. The van der Waals surface area contributed by atoms with E-state index in [1.807, 2.05) is 6.07 Å². The second-order valence-electron chi connectivity index (χ2n) is 8.64. The molecule has 160 valence electrons. The topological polar surface area (TPSA) is 0 Å². The molecule has 0 aliphatic carbocycles. The van der Waals surface area contributed by atoms with Crippen LogP contribution in [0.2, 0.25) is 0 Å².